The summed E-state index contributed by atoms with van der Waals surface area (Å²) in [5.41, 5.74) is 0. The summed E-state index contributed by atoms with van der Waals surface area (Å²) in [5.74, 6) is -1.50. The van der Waals surface area contributed by atoms with Crippen molar-refractivity contribution in [2.75, 3.05) is 6.61 Å². The van der Waals surface area contributed by atoms with Crippen LogP contribution in [0.15, 0.2) is 12.1 Å². The van der Waals surface area contributed by atoms with Crippen LogP contribution in [-0.4, -0.2) is 33.5 Å². The third-order valence-corrected chi connectivity index (χ3v) is 2.56. The molecule has 0 saturated carbocycles. The van der Waals surface area contributed by atoms with E-state index in [9.17, 15) is 19.8 Å². The topological polar surface area (TPSA) is 98.0 Å². The minimum atomic E-state index is -0.567. The first kappa shape index (κ1) is 15.9. The molecule has 7 heteroatoms. The summed E-state index contributed by atoms with van der Waals surface area (Å²) in [4.78, 5) is 27.3. The molecule has 0 bridgehead atoms. The van der Waals surface area contributed by atoms with Crippen LogP contribution in [-0.2, 0) is 14.3 Å². The Kier molecular flexibility index (Phi) is 6.42. The van der Waals surface area contributed by atoms with Gasteiger partial charge >= 0.3 is 11.9 Å². The average molecular weight is 285 g/mol. The van der Waals surface area contributed by atoms with Crippen LogP contribution in [0.25, 0.3) is 0 Å². The molecule has 112 valence electrons. The Morgan fingerprint density at radius 1 is 1.05 bits per heavy atom. The van der Waals surface area contributed by atoms with Gasteiger partial charge in [-0.05, 0) is 19.8 Å². The Labute approximate surface area is 116 Å². The maximum absolute atomic E-state index is 11.5. The average Bonchev–Trinajstić information content (AvgIpc) is 2.70. The molecular formula is C13H19NO6. The Bertz CT molecular complexity index is 434. The predicted molar refractivity (Wildman–Crippen MR) is 69.1 cm³/mol. The second-order valence-corrected chi connectivity index (χ2v) is 4.17. The van der Waals surface area contributed by atoms with Crippen molar-refractivity contribution in [3.8, 4) is 11.8 Å². The summed E-state index contributed by atoms with van der Waals surface area (Å²) < 4.78 is 5.43. The summed E-state index contributed by atoms with van der Waals surface area (Å²) in [5, 5.41) is 18.6. The fourth-order valence-corrected chi connectivity index (χ4v) is 1.59. The number of carbonyl (C=O) groups excluding carboxylic acids is 2. The van der Waals surface area contributed by atoms with Gasteiger partial charge in [0.1, 0.15) is 0 Å². The SMILES string of the molecule is CCOC(=O)CCCCCC(=O)On1c(O)ccc1O. The molecule has 20 heavy (non-hydrogen) atoms. The number of aromatic nitrogens is 1. The van der Waals surface area contributed by atoms with Gasteiger partial charge in [-0.2, -0.15) is 0 Å². The molecule has 1 aromatic rings. The number of hydrogen-bond donors (Lipinski definition) is 2. The lowest BCUT2D eigenvalue weighted by Crippen LogP contribution is -2.18. The lowest BCUT2D eigenvalue weighted by molar-refractivity contribution is -0.145. The van der Waals surface area contributed by atoms with E-state index in [1.54, 1.807) is 6.92 Å². The Hall–Kier alpha value is -2.18. The molecule has 0 fully saturated rings. The molecule has 1 rings (SSSR count). The van der Waals surface area contributed by atoms with Crippen molar-refractivity contribution in [2.45, 2.75) is 39.0 Å². The van der Waals surface area contributed by atoms with Crippen molar-refractivity contribution in [3.05, 3.63) is 12.1 Å². The van der Waals surface area contributed by atoms with Gasteiger partial charge in [-0.15, -0.1) is 4.73 Å². The van der Waals surface area contributed by atoms with Gasteiger partial charge in [0.2, 0.25) is 11.8 Å². The normalized spacial score (nSPS) is 10.2. The van der Waals surface area contributed by atoms with E-state index in [0.717, 1.165) is 0 Å². The van der Waals surface area contributed by atoms with Gasteiger partial charge in [0.05, 0.1) is 6.61 Å². The predicted octanol–water partition coefficient (Wildman–Crippen LogP) is 1.37. The number of unbranched alkanes of at least 4 members (excludes halogenated alkanes) is 2. The standard InChI is InChI=1S/C13H19NO6/c1-2-19-12(17)6-4-3-5-7-13(18)20-14-10(15)8-9-11(14)16/h8-9,15-16H,2-7H2,1H3. The first-order valence-electron chi connectivity index (χ1n) is 6.51. The highest BCUT2D eigenvalue weighted by atomic mass is 16.7. The van der Waals surface area contributed by atoms with Crippen LogP contribution in [0.2, 0.25) is 0 Å². The molecular weight excluding hydrogens is 266 g/mol. The number of rotatable bonds is 8. The zero-order valence-corrected chi connectivity index (χ0v) is 11.4. The van der Waals surface area contributed by atoms with Crippen molar-refractivity contribution in [3.63, 3.8) is 0 Å². The molecule has 0 saturated heterocycles. The van der Waals surface area contributed by atoms with Crippen molar-refractivity contribution in [1.82, 2.24) is 4.73 Å². The van der Waals surface area contributed by atoms with E-state index in [1.807, 2.05) is 0 Å². The van der Waals surface area contributed by atoms with Crippen molar-refractivity contribution in [2.24, 2.45) is 0 Å². The van der Waals surface area contributed by atoms with E-state index in [1.165, 1.54) is 12.1 Å². The molecule has 0 atom stereocenters. The van der Waals surface area contributed by atoms with Gasteiger partial charge in [-0.25, -0.2) is 4.79 Å². The van der Waals surface area contributed by atoms with Gasteiger partial charge in [-0.1, -0.05) is 6.42 Å². The minimum absolute atomic E-state index is 0.139. The van der Waals surface area contributed by atoms with E-state index >= 15 is 0 Å². The summed E-state index contributed by atoms with van der Waals surface area (Å²) >= 11 is 0. The fraction of sp³-hybridized carbons (Fsp3) is 0.538. The molecule has 0 unspecified atom stereocenters. The molecule has 2 N–H and O–H groups in total. The minimum Gasteiger partial charge on any atom is -0.492 e. The largest absolute Gasteiger partial charge is 0.492 e. The summed E-state index contributed by atoms with van der Waals surface area (Å²) in [7, 11) is 0. The van der Waals surface area contributed by atoms with Crippen molar-refractivity contribution in [1.29, 1.82) is 0 Å². The van der Waals surface area contributed by atoms with Crippen LogP contribution >= 0.6 is 0 Å². The molecule has 0 aliphatic heterocycles. The molecule has 1 aromatic heterocycles. The third-order valence-electron chi connectivity index (χ3n) is 2.56. The van der Waals surface area contributed by atoms with Crippen LogP contribution in [0.1, 0.15) is 39.0 Å². The van der Waals surface area contributed by atoms with E-state index in [4.69, 9.17) is 9.57 Å². The number of nitrogens with zero attached hydrogens (tertiary/aromatic N) is 1. The summed E-state index contributed by atoms with van der Waals surface area (Å²) in [6.07, 6.45) is 2.37. The smallest absolute Gasteiger partial charge is 0.333 e. The Morgan fingerprint density at radius 2 is 1.60 bits per heavy atom. The monoisotopic (exact) mass is 285 g/mol. The maximum Gasteiger partial charge on any atom is 0.333 e. The zero-order chi connectivity index (χ0) is 15.0. The highest BCUT2D eigenvalue weighted by molar-refractivity contribution is 5.70. The van der Waals surface area contributed by atoms with Crippen LogP contribution < -0.4 is 4.84 Å². The number of esters is 1. The third kappa shape index (κ3) is 5.21. The molecule has 0 aliphatic carbocycles. The maximum atomic E-state index is 11.5. The van der Waals surface area contributed by atoms with Crippen molar-refractivity contribution < 1.29 is 29.4 Å². The van der Waals surface area contributed by atoms with Crippen molar-refractivity contribution >= 4 is 11.9 Å². The molecule has 0 aromatic carbocycles. The van der Waals surface area contributed by atoms with E-state index in [-0.39, 0.29) is 24.2 Å². The highest BCUT2D eigenvalue weighted by Gasteiger charge is 2.11. The number of aromatic hydroxyl groups is 2. The van der Waals surface area contributed by atoms with Gasteiger partial charge in [-0.3, -0.25) is 4.79 Å². The van der Waals surface area contributed by atoms with Crippen LogP contribution in [0.4, 0.5) is 0 Å². The second-order valence-electron chi connectivity index (χ2n) is 4.17. The number of ether oxygens (including phenoxy) is 1. The van der Waals surface area contributed by atoms with E-state index < -0.39 is 5.97 Å². The highest BCUT2D eigenvalue weighted by Crippen LogP contribution is 2.19. The lowest BCUT2D eigenvalue weighted by Gasteiger charge is -2.06. The van der Waals surface area contributed by atoms with E-state index in [0.29, 0.717) is 37.0 Å². The fourth-order valence-electron chi connectivity index (χ4n) is 1.59. The Morgan fingerprint density at radius 3 is 2.15 bits per heavy atom. The molecule has 0 spiro atoms. The zero-order valence-electron chi connectivity index (χ0n) is 11.4. The first-order valence-corrected chi connectivity index (χ1v) is 6.51. The molecule has 7 nitrogen and oxygen atoms in total. The first-order chi connectivity index (χ1) is 9.54. The molecule has 1 heterocycles. The summed E-state index contributed by atoms with van der Waals surface area (Å²) in [6, 6.07) is 2.42. The molecule has 0 aliphatic rings. The summed E-state index contributed by atoms with van der Waals surface area (Å²) in [6.45, 7) is 2.12. The van der Waals surface area contributed by atoms with Crippen LogP contribution in [0.5, 0.6) is 11.8 Å². The molecule has 0 amide bonds. The van der Waals surface area contributed by atoms with Crippen LogP contribution in [0, 0.1) is 0 Å². The lowest BCUT2D eigenvalue weighted by atomic mass is 10.1. The Balaban J connectivity index is 2.16. The van der Waals surface area contributed by atoms with Gasteiger partial charge < -0.3 is 19.8 Å². The molecule has 0 radical (unpaired) electrons. The quantitative estimate of drug-likeness (QED) is 0.553. The van der Waals surface area contributed by atoms with Gasteiger partial charge in [0.15, 0.2) is 0 Å². The van der Waals surface area contributed by atoms with Gasteiger partial charge in [0.25, 0.3) is 0 Å². The van der Waals surface area contributed by atoms with Gasteiger partial charge in [0, 0.05) is 25.0 Å². The number of carbonyl (C=O) groups is 2. The van der Waals surface area contributed by atoms with Crippen LogP contribution in [0.3, 0.4) is 0 Å². The second kappa shape index (κ2) is 8.08. The van der Waals surface area contributed by atoms with E-state index in [2.05, 4.69) is 0 Å². The number of hydrogen-bond acceptors (Lipinski definition) is 6.